The highest BCUT2D eigenvalue weighted by atomic mass is 79.9. The van der Waals surface area contributed by atoms with E-state index in [1.807, 2.05) is 78.9 Å². The summed E-state index contributed by atoms with van der Waals surface area (Å²) in [4.78, 5) is 12.6. The molecule has 140 valence electrons. The van der Waals surface area contributed by atoms with Gasteiger partial charge in [0, 0.05) is 0 Å². The number of para-hydroxylation sites is 2. The van der Waals surface area contributed by atoms with Crippen molar-refractivity contribution in [3.63, 3.8) is 0 Å². The minimum Gasteiger partial charge on any atom is -0.452 e. The number of benzene rings is 3. The molecule has 2 atom stereocenters. The molecule has 0 amide bonds. The largest absolute Gasteiger partial charge is 0.452 e. The van der Waals surface area contributed by atoms with Gasteiger partial charge >= 0.3 is 5.97 Å². The van der Waals surface area contributed by atoms with Crippen molar-refractivity contribution >= 4 is 39.5 Å². The molecule has 0 saturated carbocycles. The molecule has 1 aliphatic rings. The zero-order chi connectivity index (χ0) is 19.3. The van der Waals surface area contributed by atoms with Crippen molar-refractivity contribution in [3.05, 3.63) is 96.1 Å². The molecule has 0 radical (unpaired) electrons. The van der Waals surface area contributed by atoms with Crippen LogP contribution >= 0.6 is 15.9 Å². The Hall–Kier alpha value is -2.92. The number of nitrogens with zero attached hydrogens (tertiary/aromatic N) is 2. The number of carbonyl (C=O) groups excluding carboxylic acids is 1. The van der Waals surface area contributed by atoms with Gasteiger partial charge in [0.05, 0.1) is 16.2 Å². The molecule has 0 aliphatic heterocycles. The van der Waals surface area contributed by atoms with Crippen LogP contribution in [0.1, 0.15) is 17.2 Å². The molecule has 1 aliphatic carbocycles. The molecule has 0 unspecified atom stereocenters. The summed E-state index contributed by atoms with van der Waals surface area (Å²) in [6.07, 6.45) is 1.77. The predicted octanol–water partition coefficient (Wildman–Crippen LogP) is 5.41. The molecule has 3 aromatic carbocycles. The molecule has 5 heteroatoms. The van der Waals surface area contributed by atoms with Crippen LogP contribution in [0.3, 0.4) is 0 Å². The van der Waals surface area contributed by atoms with Gasteiger partial charge in [0.1, 0.15) is 12.3 Å². The number of hydrogen-bond acceptors (Lipinski definition) is 4. The van der Waals surface area contributed by atoms with E-state index >= 15 is 0 Å². The number of esters is 1. The number of carbonyl (C=O) groups is 1. The van der Waals surface area contributed by atoms with Crippen molar-refractivity contribution in [2.75, 3.05) is 5.01 Å². The van der Waals surface area contributed by atoms with Crippen molar-refractivity contribution in [3.8, 4) is 0 Å². The van der Waals surface area contributed by atoms with E-state index in [9.17, 15) is 4.79 Å². The van der Waals surface area contributed by atoms with Crippen LogP contribution in [-0.2, 0) is 16.0 Å². The van der Waals surface area contributed by atoms with Gasteiger partial charge in [-0.1, -0.05) is 76.6 Å². The molecule has 0 N–H and O–H groups in total. The Morgan fingerprint density at radius 3 is 2.14 bits per heavy atom. The first-order valence-corrected chi connectivity index (χ1v) is 10.0. The third-order valence-electron chi connectivity index (χ3n) is 4.63. The second-order valence-corrected chi connectivity index (χ2v) is 7.68. The molecule has 0 heterocycles. The zero-order valence-electron chi connectivity index (χ0n) is 15.1. The summed E-state index contributed by atoms with van der Waals surface area (Å²) in [6, 6.07) is 27.4. The van der Waals surface area contributed by atoms with Crippen molar-refractivity contribution < 1.29 is 9.53 Å². The Bertz CT molecular complexity index is 937. The zero-order valence-corrected chi connectivity index (χ0v) is 16.7. The van der Waals surface area contributed by atoms with E-state index in [2.05, 4.69) is 27.1 Å². The number of anilines is 2. The molecule has 4 nitrogen and oxygen atoms in total. The summed E-state index contributed by atoms with van der Waals surface area (Å²) in [7, 11) is 0. The van der Waals surface area contributed by atoms with Crippen LogP contribution in [0.5, 0.6) is 0 Å². The molecular formula is C23H19BrN2O2. The lowest BCUT2D eigenvalue weighted by Crippen LogP contribution is -2.18. The van der Waals surface area contributed by atoms with E-state index in [1.165, 1.54) is 11.8 Å². The average Bonchev–Trinajstić information content (AvgIpc) is 3.05. The number of hydrogen-bond donors (Lipinski definition) is 0. The summed E-state index contributed by atoms with van der Waals surface area (Å²) in [5.74, 6) is -0.469. The first kappa shape index (κ1) is 18.4. The van der Waals surface area contributed by atoms with Crippen LogP contribution in [0.25, 0.3) is 0 Å². The Kier molecular flexibility index (Phi) is 5.53. The van der Waals surface area contributed by atoms with Crippen LogP contribution in [0, 0.1) is 0 Å². The number of ether oxygens (including phenoxy) is 1. The second kappa shape index (κ2) is 8.40. The van der Waals surface area contributed by atoms with E-state index in [4.69, 9.17) is 4.74 Å². The number of halogens is 1. The highest BCUT2D eigenvalue weighted by molar-refractivity contribution is 9.09. The molecule has 0 saturated heterocycles. The van der Waals surface area contributed by atoms with Crippen LogP contribution in [0.15, 0.2) is 90.0 Å². The van der Waals surface area contributed by atoms with Gasteiger partial charge < -0.3 is 4.74 Å². The monoisotopic (exact) mass is 434 g/mol. The Morgan fingerprint density at radius 2 is 1.50 bits per heavy atom. The van der Waals surface area contributed by atoms with E-state index < -0.39 is 5.97 Å². The summed E-state index contributed by atoms with van der Waals surface area (Å²) < 4.78 is 5.71. The van der Waals surface area contributed by atoms with Crippen molar-refractivity contribution in [2.24, 2.45) is 5.10 Å². The SMILES string of the molecule is O=C(/C=N/N(c1ccccc1)c1ccccc1)O[C@@H]1c2ccccc2C[C@H]1Br. The minimum atomic E-state index is -0.469. The molecule has 0 bridgehead atoms. The molecule has 0 spiro atoms. The fraction of sp³-hybridized carbons (Fsp3) is 0.130. The minimum absolute atomic E-state index is 0.0709. The van der Waals surface area contributed by atoms with Gasteiger partial charge in [0.2, 0.25) is 0 Å². The number of rotatable bonds is 5. The summed E-state index contributed by atoms with van der Waals surface area (Å²) in [5, 5.41) is 6.12. The van der Waals surface area contributed by atoms with Gasteiger partial charge in [-0.05, 0) is 41.8 Å². The maximum absolute atomic E-state index is 12.5. The fourth-order valence-electron chi connectivity index (χ4n) is 3.33. The number of hydrazone groups is 1. The molecule has 28 heavy (non-hydrogen) atoms. The highest BCUT2D eigenvalue weighted by Crippen LogP contribution is 2.38. The van der Waals surface area contributed by atoms with Crippen LogP contribution < -0.4 is 5.01 Å². The number of fused-ring (bicyclic) bond motifs is 1. The van der Waals surface area contributed by atoms with Gasteiger partial charge in [0.15, 0.2) is 0 Å². The lowest BCUT2D eigenvalue weighted by Gasteiger charge is -2.19. The average molecular weight is 435 g/mol. The van der Waals surface area contributed by atoms with Crippen molar-refractivity contribution in [1.29, 1.82) is 0 Å². The Labute approximate surface area is 172 Å². The third-order valence-corrected chi connectivity index (χ3v) is 5.43. The van der Waals surface area contributed by atoms with Gasteiger partial charge in [-0.3, -0.25) is 0 Å². The van der Waals surface area contributed by atoms with Crippen molar-refractivity contribution in [2.45, 2.75) is 17.4 Å². The van der Waals surface area contributed by atoms with Crippen LogP contribution in [0.2, 0.25) is 0 Å². The summed E-state index contributed by atoms with van der Waals surface area (Å²) in [5.41, 5.74) is 3.98. The molecule has 0 fully saturated rings. The molecular weight excluding hydrogens is 416 g/mol. The Morgan fingerprint density at radius 1 is 0.929 bits per heavy atom. The smallest absolute Gasteiger partial charge is 0.351 e. The second-order valence-electron chi connectivity index (χ2n) is 6.50. The van der Waals surface area contributed by atoms with Crippen molar-refractivity contribution in [1.82, 2.24) is 0 Å². The summed E-state index contributed by atoms with van der Waals surface area (Å²) in [6.45, 7) is 0. The number of alkyl halides is 1. The molecule has 4 rings (SSSR count). The highest BCUT2D eigenvalue weighted by Gasteiger charge is 2.33. The quantitative estimate of drug-likeness (QED) is 0.233. The van der Waals surface area contributed by atoms with Gasteiger partial charge in [-0.2, -0.15) is 5.10 Å². The lowest BCUT2D eigenvalue weighted by molar-refractivity contribution is -0.140. The topological polar surface area (TPSA) is 41.9 Å². The third kappa shape index (κ3) is 3.99. The fourth-order valence-corrected chi connectivity index (χ4v) is 4.07. The van der Waals surface area contributed by atoms with E-state index in [-0.39, 0.29) is 10.9 Å². The predicted molar refractivity (Wildman–Crippen MR) is 115 cm³/mol. The van der Waals surface area contributed by atoms with Crippen LogP contribution in [-0.4, -0.2) is 17.0 Å². The van der Waals surface area contributed by atoms with E-state index in [0.29, 0.717) is 0 Å². The van der Waals surface area contributed by atoms with Gasteiger partial charge in [-0.15, -0.1) is 0 Å². The lowest BCUT2D eigenvalue weighted by atomic mass is 10.1. The van der Waals surface area contributed by atoms with E-state index in [1.54, 1.807) is 5.01 Å². The Balaban J connectivity index is 1.53. The van der Waals surface area contributed by atoms with E-state index in [0.717, 1.165) is 23.4 Å². The molecule has 0 aromatic heterocycles. The standard InChI is InChI=1S/C23H19BrN2O2/c24-21-15-17-9-7-8-14-20(17)23(21)28-22(27)16-25-26(18-10-3-1-4-11-18)19-12-5-2-6-13-19/h1-14,16,21,23H,15H2/b25-16+/t21-,23-/m1/s1. The van der Waals surface area contributed by atoms with Gasteiger partial charge in [0.25, 0.3) is 0 Å². The maximum atomic E-state index is 12.5. The normalized spacial score (nSPS) is 18.0. The first-order chi connectivity index (χ1) is 13.7. The molecule has 3 aromatic rings. The summed E-state index contributed by atoms with van der Waals surface area (Å²) >= 11 is 3.64. The van der Waals surface area contributed by atoms with Crippen LogP contribution in [0.4, 0.5) is 11.4 Å². The maximum Gasteiger partial charge on any atom is 0.351 e. The van der Waals surface area contributed by atoms with Gasteiger partial charge in [-0.25, -0.2) is 9.80 Å². The first-order valence-electron chi connectivity index (χ1n) is 9.09.